The zero-order valence-electron chi connectivity index (χ0n) is 15.5. The second-order valence-corrected chi connectivity index (χ2v) is 9.16. The Balaban J connectivity index is 2.03. The zero-order valence-corrected chi connectivity index (χ0v) is 16.3. The maximum Gasteiger partial charge on any atom is 0.268 e. The van der Waals surface area contributed by atoms with E-state index in [2.05, 4.69) is 24.9 Å². The molecule has 1 aliphatic rings. The molecule has 3 aromatic rings. The van der Waals surface area contributed by atoms with E-state index >= 15 is 0 Å². The van der Waals surface area contributed by atoms with E-state index < -0.39 is 10.0 Å². The van der Waals surface area contributed by atoms with Crippen molar-refractivity contribution >= 4 is 20.9 Å². The van der Waals surface area contributed by atoms with E-state index in [0.29, 0.717) is 4.90 Å². The first-order valence-corrected chi connectivity index (χ1v) is 10.5. The van der Waals surface area contributed by atoms with Gasteiger partial charge in [0.2, 0.25) is 0 Å². The Bertz CT molecular complexity index is 1080. The van der Waals surface area contributed by atoms with E-state index in [9.17, 15) is 8.42 Å². The summed E-state index contributed by atoms with van der Waals surface area (Å²) in [6.45, 7) is 5.78. The number of benzene rings is 2. The number of rotatable bonds is 2. The molecule has 4 rings (SSSR count). The highest BCUT2D eigenvalue weighted by atomic mass is 32.2. The molecule has 2 aromatic carbocycles. The van der Waals surface area contributed by atoms with E-state index in [1.165, 1.54) is 0 Å². The second kappa shape index (κ2) is 6.25. The standard InChI is InChI=1S/C21H24N2O2S/c1-15-6-9-17(10-7-15)26(24,25)23-20-5-4-12-22(3)14-19(20)18-13-16(2)8-11-21(18)23/h6-11,13H,4-5,12,14H2,1-3H3. The van der Waals surface area contributed by atoms with Crippen molar-refractivity contribution in [2.75, 3.05) is 13.6 Å². The predicted octanol–water partition coefficient (Wildman–Crippen LogP) is 3.87. The molecule has 4 nitrogen and oxygen atoms in total. The lowest BCUT2D eigenvalue weighted by Crippen LogP contribution is -2.17. The lowest BCUT2D eigenvalue weighted by Gasteiger charge is -2.12. The van der Waals surface area contributed by atoms with Crippen LogP contribution in [0.4, 0.5) is 0 Å². The van der Waals surface area contributed by atoms with Crippen LogP contribution >= 0.6 is 0 Å². The third-order valence-corrected chi connectivity index (χ3v) is 7.00. The summed E-state index contributed by atoms with van der Waals surface area (Å²) in [5, 5.41) is 1.06. The van der Waals surface area contributed by atoms with Crippen molar-refractivity contribution in [3.8, 4) is 0 Å². The van der Waals surface area contributed by atoms with Crippen molar-refractivity contribution in [3.63, 3.8) is 0 Å². The maximum absolute atomic E-state index is 13.5. The van der Waals surface area contributed by atoms with Crippen LogP contribution in [0.3, 0.4) is 0 Å². The van der Waals surface area contributed by atoms with Crippen LogP contribution in [0, 0.1) is 13.8 Å². The van der Waals surface area contributed by atoms with Crippen LogP contribution in [-0.4, -0.2) is 30.9 Å². The molecular weight excluding hydrogens is 344 g/mol. The average Bonchev–Trinajstić information content (AvgIpc) is 2.76. The monoisotopic (exact) mass is 368 g/mol. The third kappa shape index (κ3) is 2.75. The number of hydrogen-bond donors (Lipinski definition) is 0. The SMILES string of the molecule is Cc1ccc(S(=O)(=O)n2c3c(c4cc(C)ccc42)CN(C)CCC3)cc1. The number of nitrogens with zero attached hydrogens (tertiary/aromatic N) is 2. The van der Waals surface area contributed by atoms with Crippen molar-refractivity contribution in [1.82, 2.24) is 8.87 Å². The first-order valence-electron chi connectivity index (χ1n) is 9.01. The van der Waals surface area contributed by atoms with Crippen LogP contribution in [0.1, 0.15) is 28.8 Å². The topological polar surface area (TPSA) is 42.3 Å². The van der Waals surface area contributed by atoms with Crippen LogP contribution in [-0.2, 0) is 23.0 Å². The van der Waals surface area contributed by atoms with Crippen LogP contribution in [0.5, 0.6) is 0 Å². The summed E-state index contributed by atoms with van der Waals surface area (Å²) >= 11 is 0. The molecule has 0 fully saturated rings. The molecule has 0 N–H and O–H groups in total. The summed E-state index contributed by atoms with van der Waals surface area (Å²) in [7, 11) is -1.53. The molecule has 0 radical (unpaired) electrons. The van der Waals surface area contributed by atoms with Crippen molar-refractivity contribution < 1.29 is 8.42 Å². The van der Waals surface area contributed by atoms with Crippen molar-refractivity contribution in [3.05, 3.63) is 64.8 Å². The number of aryl methyl sites for hydroxylation is 2. The van der Waals surface area contributed by atoms with E-state index in [4.69, 9.17) is 0 Å². The minimum atomic E-state index is -3.63. The van der Waals surface area contributed by atoms with Gasteiger partial charge in [-0.05, 0) is 70.1 Å². The highest BCUT2D eigenvalue weighted by molar-refractivity contribution is 7.90. The fraction of sp³-hybridized carbons (Fsp3) is 0.333. The molecule has 136 valence electrons. The van der Waals surface area contributed by atoms with E-state index in [1.807, 2.05) is 31.2 Å². The quantitative estimate of drug-likeness (QED) is 0.689. The van der Waals surface area contributed by atoms with E-state index in [0.717, 1.165) is 59.2 Å². The van der Waals surface area contributed by atoms with Gasteiger partial charge < -0.3 is 4.90 Å². The maximum atomic E-state index is 13.5. The number of aromatic nitrogens is 1. The highest BCUT2D eigenvalue weighted by Gasteiger charge is 2.28. The van der Waals surface area contributed by atoms with Gasteiger partial charge in [0.05, 0.1) is 10.4 Å². The molecule has 0 saturated carbocycles. The predicted molar refractivity (Wildman–Crippen MR) is 105 cm³/mol. The van der Waals surface area contributed by atoms with Gasteiger partial charge in [-0.15, -0.1) is 0 Å². The van der Waals surface area contributed by atoms with Gasteiger partial charge in [-0.25, -0.2) is 12.4 Å². The van der Waals surface area contributed by atoms with Crippen molar-refractivity contribution in [1.29, 1.82) is 0 Å². The van der Waals surface area contributed by atoms with E-state index in [-0.39, 0.29) is 0 Å². The summed E-state index contributed by atoms with van der Waals surface area (Å²) in [4.78, 5) is 2.62. The third-order valence-electron chi connectivity index (χ3n) is 5.23. The Kier molecular flexibility index (Phi) is 4.16. The molecule has 0 aliphatic carbocycles. The van der Waals surface area contributed by atoms with Crippen LogP contribution in [0.15, 0.2) is 47.4 Å². The fourth-order valence-corrected chi connectivity index (χ4v) is 5.48. The van der Waals surface area contributed by atoms with Crippen LogP contribution in [0.2, 0.25) is 0 Å². The smallest absolute Gasteiger partial charge is 0.268 e. The van der Waals surface area contributed by atoms with Crippen LogP contribution < -0.4 is 0 Å². The first-order chi connectivity index (χ1) is 12.4. The molecule has 0 atom stereocenters. The van der Waals surface area contributed by atoms with Gasteiger partial charge in [0.1, 0.15) is 0 Å². The molecule has 0 spiro atoms. The summed E-state index contributed by atoms with van der Waals surface area (Å²) in [6.07, 6.45) is 1.74. The first kappa shape index (κ1) is 17.3. The molecule has 5 heteroatoms. The Hall–Kier alpha value is -2.11. The molecule has 2 heterocycles. The Morgan fingerprint density at radius 1 is 0.962 bits per heavy atom. The normalized spacial score (nSPS) is 15.8. The fourth-order valence-electron chi connectivity index (χ4n) is 3.88. The molecule has 1 aromatic heterocycles. The molecule has 0 amide bonds. The number of fused-ring (bicyclic) bond motifs is 3. The van der Waals surface area contributed by atoms with Crippen molar-refractivity contribution in [2.45, 2.75) is 38.1 Å². The zero-order chi connectivity index (χ0) is 18.5. The van der Waals surface area contributed by atoms with Gasteiger partial charge in [-0.2, -0.15) is 0 Å². The molecule has 26 heavy (non-hydrogen) atoms. The minimum Gasteiger partial charge on any atom is -0.302 e. The summed E-state index contributed by atoms with van der Waals surface area (Å²) < 4.78 is 28.6. The van der Waals surface area contributed by atoms with Crippen LogP contribution in [0.25, 0.3) is 10.9 Å². The molecule has 0 unspecified atom stereocenters. The second-order valence-electron chi connectivity index (χ2n) is 7.37. The summed E-state index contributed by atoms with van der Waals surface area (Å²) in [5.41, 5.74) is 5.08. The molecule has 0 saturated heterocycles. The van der Waals surface area contributed by atoms with Gasteiger partial charge in [0, 0.05) is 17.6 Å². The Labute approximate surface area is 155 Å². The molecular formula is C21H24N2O2S. The highest BCUT2D eigenvalue weighted by Crippen LogP contribution is 2.34. The van der Waals surface area contributed by atoms with Gasteiger partial charge in [0.15, 0.2) is 0 Å². The van der Waals surface area contributed by atoms with E-state index in [1.54, 1.807) is 16.1 Å². The summed E-state index contributed by atoms with van der Waals surface area (Å²) in [5.74, 6) is 0. The largest absolute Gasteiger partial charge is 0.302 e. The van der Waals surface area contributed by atoms with Gasteiger partial charge in [-0.1, -0.05) is 29.3 Å². The van der Waals surface area contributed by atoms with Crippen molar-refractivity contribution in [2.24, 2.45) is 0 Å². The van der Waals surface area contributed by atoms with Gasteiger partial charge >= 0.3 is 0 Å². The lowest BCUT2D eigenvalue weighted by atomic mass is 10.1. The average molecular weight is 369 g/mol. The number of hydrogen-bond acceptors (Lipinski definition) is 3. The Morgan fingerprint density at radius 2 is 1.65 bits per heavy atom. The minimum absolute atomic E-state index is 0.348. The lowest BCUT2D eigenvalue weighted by molar-refractivity contribution is 0.333. The molecule has 0 bridgehead atoms. The Morgan fingerprint density at radius 3 is 2.38 bits per heavy atom. The van der Waals surface area contributed by atoms with Gasteiger partial charge in [-0.3, -0.25) is 0 Å². The van der Waals surface area contributed by atoms with Gasteiger partial charge in [0.25, 0.3) is 10.0 Å². The molecule has 1 aliphatic heterocycles. The summed E-state index contributed by atoms with van der Waals surface area (Å²) in [6, 6.07) is 13.2.